The van der Waals surface area contributed by atoms with E-state index < -0.39 is 0 Å². The van der Waals surface area contributed by atoms with Crippen LogP contribution in [-0.4, -0.2) is 28.6 Å². The van der Waals surface area contributed by atoms with Gasteiger partial charge < -0.3 is 15.4 Å². The Morgan fingerprint density at radius 1 is 1.40 bits per heavy atom. The Kier molecular flexibility index (Phi) is 4.60. The number of aromatic nitrogens is 1. The zero-order valence-electron chi connectivity index (χ0n) is 12.0. The van der Waals surface area contributed by atoms with E-state index in [0.717, 1.165) is 36.9 Å². The van der Waals surface area contributed by atoms with Crippen LogP contribution in [0.2, 0.25) is 0 Å². The van der Waals surface area contributed by atoms with E-state index in [4.69, 9.17) is 5.11 Å². The molecule has 5 heteroatoms. The molecule has 0 saturated heterocycles. The molecule has 1 aromatic heterocycles. The number of pyridine rings is 1. The summed E-state index contributed by atoms with van der Waals surface area (Å²) < 4.78 is 0. The molecule has 0 spiro atoms. The Morgan fingerprint density at radius 2 is 2.10 bits per heavy atom. The predicted octanol–water partition coefficient (Wildman–Crippen LogP) is 1.00. The molecule has 0 radical (unpaired) electrons. The summed E-state index contributed by atoms with van der Waals surface area (Å²) in [6, 6.07) is 1.54. The van der Waals surface area contributed by atoms with Crippen LogP contribution in [0.15, 0.2) is 10.9 Å². The average Bonchev–Trinajstić information content (AvgIpc) is 2.45. The molecule has 110 valence electrons. The number of hydrogen-bond acceptors (Lipinski definition) is 3. The topological polar surface area (TPSA) is 82.2 Å². The van der Waals surface area contributed by atoms with Gasteiger partial charge in [0.2, 0.25) is 0 Å². The van der Waals surface area contributed by atoms with Crippen molar-refractivity contribution < 1.29 is 9.90 Å². The van der Waals surface area contributed by atoms with E-state index in [1.54, 1.807) is 6.07 Å². The summed E-state index contributed by atoms with van der Waals surface area (Å²) in [5.74, 6) is -0.414. The number of carbonyl (C=O) groups excluding carboxylic acids is 1. The molecular weight excluding hydrogens is 256 g/mol. The first-order valence-corrected chi connectivity index (χ1v) is 7.19. The van der Waals surface area contributed by atoms with E-state index in [9.17, 15) is 9.59 Å². The summed E-state index contributed by atoms with van der Waals surface area (Å²) in [5, 5.41) is 11.9. The van der Waals surface area contributed by atoms with Crippen LogP contribution in [0.5, 0.6) is 0 Å². The summed E-state index contributed by atoms with van der Waals surface area (Å²) >= 11 is 0. The van der Waals surface area contributed by atoms with Crippen molar-refractivity contribution in [3.05, 3.63) is 33.2 Å². The van der Waals surface area contributed by atoms with Gasteiger partial charge in [0.15, 0.2) is 0 Å². The number of H-pyrrole nitrogens is 1. The molecule has 2 unspecified atom stereocenters. The standard InChI is InChI=1S/C15H22N2O3/c1-9(8-18)10(2)16-14(19)12-7-11-5-3-4-6-13(11)17-15(12)20/h7,9-10,18H,3-6,8H2,1-2H3,(H,16,19)(H,17,20). The molecule has 1 aliphatic carbocycles. The molecule has 20 heavy (non-hydrogen) atoms. The zero-order valence-corrected chi connectivity index (χ0v) is 12.0. The van der Waals surface area contributed by atoms with E-state index >= 15 is 0 Å². The number of amides is 1. The van der Waals surface area contributed by atoms with Crippen molar-refractivity contribution in [2.24, 2.45) is 5.92 Å². The number of fused-ring (bicyclic) bond motifs is 1. The van der Waals surface area contributed by atoms with Crippen molar-refractivity contribution in [3.63, 3.8) is 0 Å². The van der Waals surface area contributed by atoms with Crippen molar-refractivity contribution in [2.45, 2.75) is 45.6 Å². The fourth-order valence-electron chi connectivity index (χ4n) is 2.43. The number of aromatic amines is 1. The predicted molar refractivity (Wildman–Crippen MR) is 76.9 cm³/mol. The minimum absolute atomic E-state index is 0.00198. The summed E-state index contributed by atoms with van der Waals surface area (Å²) in [7, 11) is 0. The van der Waals surface area contributed by atoms with Gasteiger partial charge in [0.05, 0.1) is 0 Å². The van der Waals surface area contributed by atoms with E-state index in [2.05, 4.69) is 10.3 Å². The molecule has 3 N–H and O–H groups in total. The number of rotatable bonds is 4. The smallest absolute Gasteiger partial charge is 0.261 e. The van der Waals surface area contributed by atoms with Gasteiger partial charge in [-0.3, -0.25) is 9.59 Å². The van der Waals surface area contributed by atoms with Gasteiger partial charge in [0.25, 0.3) is 11.5 Å². The Bertz CT molecular complexity index is 551. The number of aliphatic hydroxyl groups excluding tert-OH is 1. The van der Waals surface area contributed by atoms with E-state index in [0.29, 0.717) is 0 Å². The molecule has 2 atom stereocenters. The van der Waals surface area contributed by atoms with Crippen LogP contribution < -0.4 is 10.9 Å². The summed E-state index contributed by atoms with van der Waals surface area (Å²) in [6.07, 6.45) is 3.97. The SMILES string of the molecule is CC(CO)C(C)NC(=O)c1cc2c([nH]c1=O)CCCC2. The van der Waals surface area contributed by atoms with Gasteiger partial charge in [0.1, 0.15) is 5.56 Å². The van der Waals surface area contributed by atoms with Crippen molar-refractivity contribution >= 4 is 5.91 Å². The number of hydrogen-bond donors (Lipinski definition) is 3. The highest BCUT2D eigenvalue weighted by Gasteiger charge is 2.20. The molecule has 1 aromatic rings. The third kappa shape index (κ3) is 3.10. The van der Waals surface area contributed by atoms with Crippen LogP contribution in [0.25, 0.3) is 0 Å². The van der Waals surface area contributed by atoms with Crippen LogP contribution >= 0.6 is 0 Å². The quantitative estimate of drug-likeness (QED) is 0.768. The van der Waals surface area contributed by atoms with Crippen LogP contribution in [-0.2, 0) is 12.8 Å². The van der Waals surface area contributed by atoms with Crippen LogP contribution in [0.1, 0.15) is 48.3 Å². The Morgan fingerprint density at radius 3 is 2.80 bits per heavy atom. The van der Waals surface area contributed by atoms with Gasteiger partial charge in [-0.2, -0.15) is 0 Å². The highest BCUT2D eigenvalue weighted by molar-refractivity contribution is 5.94. The molecule has 5 nitrogen and oxygen atoms in total. The summed E-state index contributed by atoms with van der Waals surface area (Å²) in [5.41, 5.74) is 1.88. The highest BCUT2D eigenvalue weighted by atomic mass is 16.3. The third-order valence-corrected chi connectivity index (χ3v) is 4.08. The number of aryl methyl sites for hydroxylation is 2. The van der Waals surface area contributed by atoms with Crippen LogP contribution in [0, 0.1) is 5.92 Å². The van der Waals surface area contributed by atoms with Crippen LogP contribution in [0.3, 0.4) is 0 Å². The molecule has 1 amide bonds. The maximum atomic E-state index is 12.2. The molecule has 0 aliphatic heterocycles. The van der Waals surface area contributed by atoms with E-state index in [-0.39, 0.29) is 35.6 Å². The normalized spacial score (nSPS) is 17.1. The lowest BCUT2D eigenvalue weighted by molar-refractivity contribution is 0.0914. The Balaban J connectivity index is 2.20. The lowest BCUT2D eigenvalue weighted by Crippen LogP contribution is -2.40. The number of carbonyl (C=O) groups is 1. The monoisotopic (exact) mass is 278 g/mol. The molecule has 1 heterocycles. The van der Waals surface area contributed by atoms with Crippen molar-refractivity contribution in [3.8, 4) is 0 Å². The Hall–Kier alpha value is -1.62. The maximum absolute atomic E-state index is 12.2. The first-order chi connectivity index (χ1) is 9.52. The second-order valence-electron chi connectivity index (χ2n) is 5.65. The minimum atomic E-state index is -0.368. The molecule has 2 rings (SSSR count). The first kappa shape index (κ1) is 14.8. The summed E-state index contributed by atoms with van der Waals surface area (Å²) in [4.78, 5) is 27.0. The second kappa shape index (κ2) is 6.22. The molecule has 0 aromatic carbocycles. The van der Waals surface area contributed by atoms with Gasteiger partial charge >= 0.3 is 0 Å². The van der Waals surface area contributed by atoms with Crippen molar-refractivity contribution in [1.82, 2.24) is 10.3 Å². The number of aliphatic hydroxyl groups is 1. The second-order valence-corrected chi connectivity index (χ2v) is 5.65. The fourth-order valence-corrected chi connectivity index (χ4v) is 2.43. The maximum Gasteiger partial charge on any atom is 0.261 e. The van der Waals surface area contributed by atoms with Gasteiger partial charge in [-0.05, 0) is 50.2 Å². The highest BCUT2D eigenvalue weighted by Crippen LogP contribution is 2.18. The van der Waals surface area contributed by atoms with Crippen molar-refractivity contribution in [2.75, 3.05) is 6.61 Å². The fraction of sp³-hybridized carbons (Fsp3) is 0.600. The van der Waals surface area contributed by atoms with Gasteiger partial charge in [-0.25, -0.2) is 0 Å². The minimum Gasteiger partial charge on any atom is -0.396 e. The summed E-state index contributed by atoms with van der Waals surface area (Å²) in [6.45, 7) is 3.68. The van der Waals surface area contributed by atoms with E-state index in [1.807, 2.05) is 13.8 Å². The Labute approximate surface area is 118 Å². The van der Waals surface area contributed by atoms with Crippen LogP contribution in [0.4, 0.5) is 0 Å². The lowest BCUT2D eigenvalue weighted by Gasteiger charge is -2.20. The first-order valence-electron chi connectivity index (χ1n) is 7.19. The van der Waals surface area contributed by atoms with Crippen molar-refractivity contribution in [1.29, 1.82) is 0 Å². The molecule has 0 bridgehead atoms. The molecule has 0 saturated carbocycles. The zero-order chi connectivity index (χ0) is 14.7. The third-order valence-electron chi connectivity index (χ3n) is 4.08. The average molecular weight is 278 g/mol. The molecule has 0 fully saturated rings. The largest absolute Gasteiger partial charge is 0.396 e. The van der Waals surface area contributed by atoms with E-state index in [1.165, 1.54) is 0 Å². The molecular formula is C15H22N2O3. The van der Waals surface area contributed by atoms with Gasteiger partial charge in [0, 0.05) is 18.3 Å². The number of nitrogens with one attached hydrogen (secondary N) is 2. The van der Waals surface area contributed by atoms with Gasteiger partial charge in [-0.1, -0.05) is 6.92 Å². The lowest BCUT2D eigenvalue weighted by atomic mass is 9.95. The molecule has 1 aliphatic rings. The van der Waals surface area contributed by atoms with Gasteiger partial charge in [-0.15, -0.1) is 0 Å².